The van der Waals surface area contributed by atoms with Crippen molar-refractivity contribution in [2.45, 2.75) is 44.6 Å². The van der Waals surface area contributed by atoms with E-state index in [9.17, 15) is 34.1 Å². The molecule has 0 amide bonds. The largest absolute Gasteiger partial charge is 0.388 e. The minimum atomic E-state index is -4.29. The van der Waals surface area contributed by atoms with E-state index in [1.165, 1.54) is 6.08 Å². The Kier molecular flexibility index (Phi) is 8.27. The number of benzene rings is 2. The Morgan fingerprint density at radius 3 is 2.35 bits per heavy atom. The molecule has 2 aromatic carbocycles. The Labute approximate surface area is 198 Å². The number of fused-ring (bicyclic) bond motifs is 1. The standard InChI is InChI=1S/C23H29N3O7S/c1-3-26(4-2)17-8-7-15-9-14(5-6-16(15)11-17)10-18(12-24)34(31,32)25-13-19-20(27)21(28)22(29)23(30)33-19/h5-11,19-23,25,27-30H,3-4,13H2,1-2H3/b18-10+/t19-,20-,21+,22-,23?/m1/s1. The number of rotatable bonds is 8. The van der Waals surface area contributed by atoms with Crippen molar-refractivity contribution in [3.8, 4) is 6.07 Å². The smallest absolute Gasteiger partial charge is 0.250 e. The van der Waals surface area contributed by atoms with Gasteiger partial charge in [-0.1, -0.05) is 18.2 Å². The van der Waals surface area contributed by atoms with Crippen LogP contribution in [0.3, 0.4) is 0 Å². The summed E-state index contributed by atoms with van der Waals surface area (Å²) in [6.07, 6.45) is -6.98. The van der Waals surface area contributed by atoms with Gasteiger partial charge in [-0.15, -0.1) is 0 Å². The van der Waals surface area contributed by atoms with Crippen molar-refractivity contribution in [3.05, 3.63) is 46.9 Å². The van der Waals surface area contributed by atoms with Crippen molar-refractivity contribution < 1.29 is 33.6 Å². The molecule has 0 aromatic heterocycles. The molecule has 1 saturated heterocycles. The van der Waals surface area contributed by atoms with Crippen molar-refractivity contribution in [1.82, 2.24) is 4.72 Å². The summed E-state index contributed by atoms with van der Waals surface area (Å²) < 4.78 is 32.5. The zero-order chi connectivity index (χ0) is 25.0. The number of hydrogen-bond acceptors (Lipinski definition) is 9. The Morgan fingerprint density at radius 1 is 1.06 bits per heavy atom. The molecule has 2 aromatic rings. The van der Waals surface area contributed by atoms with Crippen LogP contribution in [0.2, 0.25) is 0 Å². The van der Waals surface area contributed by atoms with Crippen LogP contribution in [-0.4, -0.2) is 79.2 Å². The zero-order valence-corrected chi connectivity index (χ0v) is 19.7. The number of nitrogens with one attached hydrogen (secondary N) is 1. The predicted octanol–water partition coefficient (Wildman–Crippen LogP) is 0.270. The monoisotopic (exact) mass is 491 g/mol. The maximum atomic E-state index is 12.7. The van der Waals surface area contributed by atoms with Crippen molar-refractivity contribution >= 4 is 32.6 Å². The summed E-state index contributed by atoms with van der Waals surface area (Å²) in [5.41, 5.74) is 1.59. The maximum Gasteiger partial charge on any atom is 0.250 e. The molecule has 1 aliphatic heterocycles. The van der Waals surface area contributed by atoms with Crippen molar-refractivity contribution in [1.29, 1.82) is 5.26 Å². The van der Waals surface area contributed by atoms with Gasteiger partial charge >= 0.3 is 0 Å². The first-order valence-corrected chi connectivity index (χ1v) is 12.4. The first-order valence-electron chi connectivity index (χ1n) is 10.9. The lowest BCUT2D eigenvalue weighted by atomic mass is 9.99. The summed E-state index contributed by atoms with van der Waals surface area (Å²) in [6, 6.07) is 13.0. The first kappa shape index (κ1) is 26.1. The SMILES string of the molecule is CCN(CC)c1ccc2cc(/C=C(\C#N)S(=O)(=O)NC[C@H]3OC(O)[C@H](O)[C@@H](O)[C@@H]3O)ccc2c1. The molecule has 0 aliphatic carbocycles. The van der Waals surface area contributed by atoms with E-state index in [1.807, 2.05) is 18.2 Å². The average molecular weight is 492 g/mol. The molecule has 5 atom stereocenters. The Bertz CT molecular complexity index is 1190. The maximum absolute atomic E-state index is 12.7. The van der Waals surface area contributed by atoms with Crippen LogP contribution < -0.4 is 9.62 Å². The van der Waals surface area contributed by atoms with Gasteiger partial charge in [0, 0.05) is 25.3 Å². The minimum Gasteiger partial charge on any atom is -0.388 e. The molecule has 1 aliphatic rings. The molecule has 0 spiro atoms. The number of sulfonamides is 1. The number of allylic oxidation sites excluding steroid dienone is 1. The molecule has 1 heterocycles. The molecular formula is C23H29N3O7S. The van der Waals surface area contributed by atoms with Crippen LogP contribution in [0.5, 0.6) is 0 Å². The van der Waals surface area contributed by atoms with Gasteiger partial charge in [-0.25, -0.2) is 13.1 Å². The molecule has 3 rings (SSSR count). The van der Waals surface area contributed by atoms with E-state index in [0.29, 0.717) is 5.56 Å². The summed E-state index contributed by atoms with van der Waals surface area (Å²) in [4.78, 5) is 1.66. The fourth-order valence-electron chi connectivity index (χ4n) is 3.82. The van der Waals surface area contributed by atoms with Gasteiger partial charge in [0.05, 0.1) is 0 Å². The van der Waals surface area contributed by atoms with E-state index >= 15 is 0 Å². The molecule has 0 bridgehead atoms. The highest BCUT2D eigenvalue weighted by Gasteiger charge is 2.43. The van der Waals surface area contributed by atoms with Gasteiger partial charge in [0.25, 0.3) is 10.0 Å². The lowest BCUT2D eigenvalue weighted by Crippen LogP contribution is -2.59. The second kappa shape index (κ2) is 10.8. The van der Waals surface area contributed by atoms with Gasteiger partial charge in [0.1, 0.15) is 30.5 Å². The van der Waals surface area contributed by atoms with Gasteiger partial charge in [0.15, 0.2) is 11.2 Å². The molecule has 5 N–H and O–H groups in total. The van der Waals surface area contributed by atoms with Crippen LogP contribution in [0, 0.1) is 11.3 Å². The average Bonchev–Trinajstić information content (AvgIpc) is 2.83. The first-order chi connectivity index (χ1) is 16.1. The Balaban J connectivity index is 1.79. The molecule has 184 valence electrons. The van der Waals surface area contributed by atoms with Gasteiger partial charge in [-0.3, -0.25) is 0 Å². The quantitative estimate of drug-likeness (QED) is 0.326. The fourth-order valence-corrected chi connectivity index (χ4v) is 4.77. The number of aliphatic hydroxyl groups is 4. The highest BCUT2D eigenvalue weighted by molar-refractivity contribution is 7.93. The van der Waals surface area contributed by atoms with Crippen LogP contribution in [0.4, 0.5) is 5.69 Å². The van der Waals surface area contributed by atoms with E-state index in [4.69, 9.17) is 4.74 Å². The second-order valence-corrected chi connectivity index (χ2v) is 9.71. The molecule has 34 heavy (non-hydrogen) atoms. The molecular weight excluding hydrogens is 462 g/mol. The molecule has 10 nitrogen and oxygen atoms in total. The highest BCUT2D eigenvalue weighted by atomic mass is 32.2. The minimum absolute atomic E-state index is 0.507. The van der Waals surface area contributed by atoms with Crippen LogP contribution in [0.1, 0.15) is 19.4 Å². The van der Waals surface area contributed by atoms with Gasteiger partial charge in [-0.05, 0) is 54.5 Å². The van der Waals surface area contributed by atoms with Crippen molar-refractivity contribution in [2.24, 2.45) is 0 Å². The number of anilines is 1. The number of aliphatic hydroxyl groups excluding tert-OH is 4. The molecule has 0 radical (unpaired) electrons. The summed E-state index contributed by atoms with van der Waals surface area (Å²) in [6.45, 7) is 5.37. The third-order valence-electron chi connectivity index (χ3n) is 5.84. The van der Waals surface area contributed by atoms with Crippen molar-refractivity contribution in [3.63, 3.8) is 0 Å². The van der Waals surface area contributed by atoms with E-state index in [1.54, 1.807) is 18.2 Å². The van der Waals surface area contributed by atoms with E-state index in [0.717, 1.165) is 29.5 Å². The molecule has 0 saturated carbocycles. The second-order valence-electron chi connectivity index (χ2n) is 7.97. The van der Waals surface area contributed by atoms with E-state index in [2.05, 4.69) is 29.5 Å². The summed E-state index contributed by atoms with van der Waals surface area (Å²) >= 11 is 0. The molecule has 11 heteroatoms. The number of nitriles is 1. The lowest BCUT2D eigenvalue weighted by Gasteiger charge is -2.38. The van der Waals surface area contributed by atoms with Crippen molar-refractivity contribution in [2.75, 3.05) is 24.5 Å². The Morgan fingerprint density at radius 2 is 1.71 bits per heavy atom. The van der Waals surface area contributed by atoms with Crippen LogP contribution in [-0.2, 0) is 14.8 Å². The van der Waals surface area contributed by atoms with Gasteiger partial charge < -0.3 is 30.1 Å². The highest BCUT2D eigenvalue weighted by Crippen LogP contribution is 2.25. The lowest BCUT2D eigenvalue weighted by molar-refractivity contribution is -0.279. The summed E-state index contributed by atoms with van der Waals surface area (Å²) in [5, 5.41) is 50.1. The summed E-state index contributed by atoms with van der Waals surface area (Å²) in [5.74, 6) is 0. The normalized spacial score (nSPS) is 25.8. The third-order valence-corrected chi connectivity index (χ3v) is 7.17. The van der Waals surface area contributed by atoms with E-state index in [-0.39, 0.29) is 0 Å². The predicted molar refractivity (Wildman–Crippen MR) is 127 cm³/mol. The van der Waals surface area contributed by atoms with Crippen LogP contribution in [0.15, 0.2) is 41.3 Å². The van der Waals surface area contributed by atoms with Gasteiger partial charge in [-0.2, -0.15) is 5.26 Å². The topological polar surface area (TPSA) is 163 Å². The third kappa shape index (κ3) is 5.56. The van der Waals surface area contributed by atoms with Crippen LogP contribution >= 0.6 is 0 Å². The number of nitrogens with zero attached hydrogens (tertiary/aromatic N) is 2. The van der Waals surface area contributed by atoms with E-state index < -0.39 is 52.2 Å². The molecule has 1 unspecified atom stereocenters. The van der Waals surface area contributed by atoms with Crippen LogP contribution in [0.25, 0.3) is 16.8 Å². The number of hydrogen-bond donors (Lipinski definition) is 5. The fraction of sp³-hybridized carbons (Fsp3) is 0.435. The number of ether oxygens (including phenoxy) is 1. The molecule has 1 fully saturated rings. The Hall–Kier alpha value is -2.56. The zero-order valence-electron chi connectivity index (χ0n) is 18.9. The summed E-state index contributed by atoms with van der Waals surface area (Å²) in [7, 11) is -4.29. The van der Waals surface area contributed by atoms with Gasteiger partial charge in [0.2, 0.25) is 0 Å².